The number of halogens is 1. The van der Waals surface area contributed by atoms with E-state index in [9.17, 15) is 17.6 Å². The molecule has 184 valence electrons. The molecule has 9 nitrogen and oxygen atoms in total. The Kier molecular flexibility index (Phi) is 6.66. The van der Waals surface area contributed by atoms with Crippen molar-refractivity contribution in [1.82, 2.24) is 14.9 Å². The third kappa shape index (κ3) is 5.94. The minimum absolute atomic E-state index is 0.0116. The molecule has 1 amide bonds. The van der Waals surface area contributed by atoms with Gasteiger partial charge in [-0.1, -0.05) is 0 Å². The molecule has 1 saturated carbocycles. The molecule has 2 aliphatic rings. The summed E-state index contributed by atoms with van der Waals surface area (Å²) in [5.41, 5.74) is -0.440. The van der Waals surface area contributed by atoms with Gasteiger partial charge in [-0.2, -0.15) is 0 Å². The van der Waals surface area contributed by atoms with E-state index < -0.39 is 26.5 Å². The number of carbonyl (C=O) groups excluding carboxylic acids is 1. The average molecular weight is 493 g/mol. The van der Waals surface area contributed by atoms with Crippen molar-refractivity contribution in [3.05, 3.63) is 36.4 Å². The number of nitrogens with one attached hydrogen (secondary N) is 1. The van der Waals surface area contributed by atoms with Crippen molar-refractivity contribution in [1.29, 1.82) is 0 Å². The maximum atomic E-state index is 14.6. The standard InChI is InChI=1S/C23H29FN4O5S/c1-23(2,3)33-22(29)28-10-8-15(9-11-28)32-21-13-20(25-14-26-21)27-19-7-6-17(12-18(19)24)34(30,31)16-4-5-16/h6-7,12-16H,4-5,8-11H2,1-3H3,(H,25,26,27). The number of carbonyl (C=O) groups is 1. The maximum Gasteiger partial charge on any atom is 0.410 e. The minimum atomic E-state index is -3.47. The Hall–Kier alpha value is -2.95. The molecule has 34 heavy (non-hydrogen) atoms. The van der Waals surface area contributed by atoms with E-state index in [1.807, 2.05) is 20.8 Å². The Labute approximate surface area is 198 Å². The summed E-state index contributed by atoms with van der Waals surface area (Å²) in [5.74, 6) is -0.0493. The van der Waals surface area contributed by atoms with E-state index in [0.29, 0.717) is 50.5 Å². The number of benzene rings is 1. The van der Waals surface area contributed by atoms with Crippen molar-refractivity contribution in [3.8, 4) is 5.88 Å². The highest BCUT2D eigenvalue weighted by atomic mass is 32.2. The van der Waals surface area contributed by atoms with Crippen molar-refractivity contribution in [3.63, 3.8) is 0 Å². The molecule has 2 fully saturated rings. The lowest BCUT2D eigenvalue weighted by Gasteiger charge is -2.33. The molecule has 1 aliphatic heterocycles. The van der Waals surface area contributed by atoms with Crippen LogP contribution in [0, 0.1) is 5.82 Å². The summed E-state index contributed by atoms with van der Waals surface area (Å²) in [6.45, 7) is 6.52. The first-order valence-electron chi connectivity index (χ1n) is 11.3. The molecular formula is C23H29FN4O5S. The number of anilines is 2. The van der Waals surface area contributed by atoms with Crippen LogP contribution in [0.1, 0.15) is 46.5 Å². The fourth-order valence-electron chi connectivity index (χ4n) is 3.61. The number of hydrogen-bond donors (Lipinski definition) is 1. The zero-order chi connectivity index (χ0) is 24.5. The number of rotatable bonds is 6. The summed E-state index contributed by atoms with van der Waals surface area (Å²) in [6, 6.07) is 5.37. The number of nitrogens with zero attached hydrogens (tertiary/aromatic N) is 3. The molecule has 4 rings (SSSR count). The first-order valence-corrected chi connectivity index (χ1v) is 12.8. The lowest BCUT2D eigenvalue weighted by Crippen LogP contribution is -2.44. The molecule has 1 N–H and O–H groups in total. The first kappa shape index (κ1) is 24.2. The van der Waals surface area contributed by atoms with Gasteiger partial charge < -0.3 is 19.7 Å². The van der Waals surface area contributed by atoms with Gasteiger partial charge in [0.15, 0.2) is 9.84 Å². The summed E-state index contributed by atoms with van der Waals surface area (Å²) < 4.78 is 50.6. The highest BCUT2D eigenvalue weighted by Crippen LogP contribution is 2.34. The Morgan fingerprint density at radius 3 is 2.44 bits per heavy atom. The molecule has 0 atom stereocenters. The second kappa shape index (κ2) is 9.36. The number of sulfone groups is 1. The van der Waals surface area contributed by atoms with Gasteiger partial charge in [0.05, 0.1) is 15.8 Å². The van der Waals surface area contributed by atoms with E-state index in [2.05, 4.69) is 15.3 Å². The number of ether oxygens (including phenoxy) is 2. The SMILES string of the molecule is CC(C)(C)OC(=O)N1CCC(Oc2cc(Nc3ccc(S(=O)(=O)C4CC4)cc3F)ncn2)CC1. The van der Waals surface area contributed by atoms with Crippen molar-refractivity contribution in [2.45, 2.75) is 68.3 Å². The van der Waals surface area contributed by atoms with Crippen LogP contribution in [0.25, 0.3) is 0 Å². The summed E-state index contributed by atoms with van der Waals surface area (Å²) in [7, 11) is -3.47. The molecule has 1 aromatic carbocycles. The fraction of sp³-hybridized carbons (Fsp3) is 0.522. The number of hydrogen-bond acceptors (Lipinski definition) is 8. The number of amides is 1. The zero-order valence-electron chi connectivity index (χ0n) is 19.5. The van der Waals surface area contributed by atoms with Gasteiger partial charge in [-0.3, -0.25) is 0 Å². The monoisotopic (exact) mass is 492 g/mol. The van der Waals surface area contributed by atoms with Crippen LogP contribution in [0.2, 0.25) is 0 Å². The molecule has 0 radical (unpaired) electrons. The molecule has 1 saturated heterocycles. The highest BCUT2D eigenvalue weighted by molar-refractivity contribution is 7.92. The molecule has 0 unspecified atom stereocenters. The van der Waals surface area contributed by atoms with Crippen molar-refractivity contribution < 1.29 is 27.1 Å². The van der Waals surface area contributed by atoms with E-state index in [-0.39, 0.29) is 22.8 Å². The summed E-state index contributed by atoms with van der Waals surface area (Å²) in [5, 5.41) is 2.45. The molecule has 0 bridgehead atoms. The van der Waals surface area contributed by atoms with Crippen molar-refractivity contribution >= 4 is 27.4 Å². The minimum Gasteiger partial charge on any atom is -0.474 e. The van der Waals surface area contributed by atoms with E-state index in [4.69, 9.17) is 9.47 Å². The zero-order valence-corrected chi connectivity index (χ0v) is 20.3. The largest absolute Gasteiger partial charge is 0.474 e. The normalized spacial score (nSPS) is 17.4. The van der Waals surface area contributed by atoms with Gasteiger partial charge in [-0.25, -0.2) is 27.6 Å². The van der Waals surface area contributed by atoms with Crippen LogP contribution in [-0.2, 0) is 14.6 Å². The Morgan fingerprint density at radius 1 is 1.12 bits per heavy atom. The molecule has 11 heteroatoms. The number of aromatic nitrogens is 2. The maximum absolute atomic E-state index is 14.6. The van der Waals surface area contributed by atoms with E-state index >= 15 is 0 Å². The van der Waals surface area contributed by atoms with Gasteiger partial charge >= 0.3 is 6.09 Å². The van der Waals surface area contributed by atoms with Gasteiger partial charge in [-0.15, -0.1) is 0 Å². The predicted octanol–water partition coefficient (Wildman–Crippen LogP) is 4.07. The van der Waals surface area contributed by atoms with Crippen LogP contribution < -0.4 is 10.1 Å². The molecule has 2 heterocycles. The highest BCUT2D eigenvalue weighted by Gasteiger charge is 2.37. The Morgan fingerprint density at radius 2 is 1.82 bits per heavy atom. The lowest BCUT2D eigenvalue weighted by molar-refractivity contribution is 0.0123. The quantitative estimate of drug-likeness (QED) is 0.642. The smallest absolute Gasteiger partial charge is 0.410 e. The fourth-order valence-corrected chi connectivity index (χ4v) is 5.28. The van der Waals surface area contributed by atoms with Crippen molar-refractivity contribution in [2.24, 2.45) is 0 Å². The lowest BCUT2D eigenvalue weighted by atomic mass is 10.1. The van der Waals surface area contributed by atoms with Gasteiger partial charge in [-0.05, 0) is 51.8 Å². The molecule has 1 aromatic heterocycles. The predicted molar refractivity (Wildman–Crippen MR) is 123 cm³/mol. The van der Waals surface area contributed by atoms with E-state index in [1.54, 1.807) is 11.0 Å². The summed E-state index contributed by atoms with van der Waals surface area (Å²) in [6.07, 6.45) is 3.32. The van der Waals surface area contributed by atoms with Crippen LogP contribution in [0.3, 0.4) is 0 Å². The van der Waals surface area contributed by atoms with Crippen LogP contribution in [0.15, 0.2) is 35.5 Å². The second-order valence-corrected chi connectivity index (χ2v) is 11.8. The van der Waals surface area contributed by atoms with Crippen LogP contribution >= 0.6 is 0 Å². The molecular weight excluding hydrogens is 463 g/mol. The molecule has 1 aliphatic carbocycles. The van der Waals surface area contributed by atoms with Gasteiger partial charge in [0.1, 0.15) is 29.7 Å². The van der Waals surface area contributed by atoms with Gasteiger partial charge in [0.2, 0.25) is 5.88 Å². The third-order valence-electron chi connectivity index (χ3n) is 5.52. The summed E-state index contributed by atoms with van der Waals surface area (Å²) >= 11 is 0. The molecule has 0 spiro atoms. The van der Waals surface area contributed by atoms with Crippen molar-refractivity contribution in [2.75, 3.05) is 18.4 Å². The van der Waals surface area contributed by atoms with E-state index in [0.717, 1.165) is 6.07 Å². The topological polar surface area (TPSA) is 111 Å². The Balaban J connectivity index is 1.35. The average Bonchev–Trinajstić information content (AvgIpc) is 3.61. The number of piperidine rings is 1. The Bertz CT molecular complexity index is 1160. The summed E-state index contributed by atoms with van der Waals surface area (Å²) in [4.78, 5) is 22.1. The van der Waals surface area contributed by atoms with Crippen LogP contribution in [-0.4, -0.2) is 59.4 Å². The van der Waals surface area contributed by atoms with Crippen LogP contribution in [0.4, 0.5) is 20.7 Å². The number of likely N-dealkylation sites (tertiary alicyclic amines) is 1. The second-order valence-electron chi connectivity index (χ2n) is 9.54. The van der Waals surface area contributed by atoms with Gasteiger partial charge in [0, 0.05) is 32.0 Å². The van der Waals surface area contributed by atoms with Gasteiger partial charge in [0.25, 0.3) is 0 Å². The third-order valence-corrected chi connectivity index (χ3v) is 7.78. The van der Waals surface area contributed by atoms with Crippen LogP contribution in [0.5, 0.6) is 5.88 Å². The van der Waals surface area contributed by atoms with E-state index in [1.165, 1.54) is 18.5 Å². The molecule has 2 aromatic rings. The first-order chi connectivity index (χ1) is 16.0.